The van der Waals surface area contributed by atoms with Gasteiger partial charge in [-0.25, -0.2) is 4.98 Å². The zero-order chi connectivity index (χ0) is 10.1. The molecule has 0 saturated heterocycles. The number of nitrogens with one attached hydrogen (secondary N) is 1. The van der Waals surface area contributed by atoms with Gasteiger partial charge in [0.15, 0.2) is 5.82 Å². The third kappa shape index (κ3) is 2.22. The predicted molar refractivity (Wildman–Crippen MR) is 39.7 cm³/mol. The fraction of sp³-hybridized carbons (Fsp3) is 0.167. The molecule has 1 rings (SSSR count). The number of nitrogens with zero attached hydrogens (tertiary/aromatic N) is 1. The van der Waals surface area contributed by atoms with E-state index in [1.54, 1.807) is 5.48 Å². The van der Waals surface area contributed by atoms with Crippen LogP contribution in [0.2, 0.25) is 5.02 Å². The molecule has 0 fully saturated rings. The molecule has 72 valence electrons. The Kier molecular flexibility index (Phi) is 2.63. The highest BCUT2D eigenvalue weighted by molar-refractivity contribution is 6.32. The number of rotatable bonds is 1. The predicted octanol–water partition coefficient (Wildman–Crippen LogP) is 2.55. The SMILES string of the molecule is ONc1ncc(C(F)(F)F)cc1Cl. The highest BCUT2D eigenvalue weighted by Gasteiger charge is 2.31. The van der Waals surface area contributed by atoms with Crippen LogP contribution in [0.15, 0.2) is 12.3 Å². The van der Waals surface area contributed by atoms with Gasteiger partial charge in [-0.05, 0) is 6.07 Å². The van der Waals surface area contributed by atoms with Crippen molar-refractivity contribution < 1.29 is 18.4 Å². The lowest BCUT2D eigenvalue weighted by atomic mass is 10.3. The molecule has 2 N–H and O–H groups in total. The van der Waals surface area contributed by atoms with Gasteiger partial charge in [0.1, 0.15) is 0 Å². The summed E-state index contributed by atoms with van der Waals surface area (Å²) in [5, 5.41) is 8.04. The third-order valence-corrected chi connectivity index (χ3v) is 1.56. The van der Waals surface area contributed by atoms with Crippen LogP contribution >= 0.6 is 11.6 Å². The zero-order valence-electron chi connectivity index (χ0n) is 6.06. The topological polar surface area (TPSA) is 45.1 Å². The van der Waals surface area contributed by atoms with Gasteiger partial charge in [-0.3, -0.25) is 10.7 Å². The number of aromatic nitrogens is 1. The average molecular weight is 213 g/mol. The first-order chi connectivity index (χ1) is 5.95. The van der Waals surface area contributed by atoms with E-state index in [2.05, 4.69) is 4.98 Å². The minimum atomic E-state index is -4.48. The van der Waals surface area contributed by atoms with Crippen molar-refractivity contribution in [2.75, 3.05) is 5.48 Å². The number of hydrogen-bond acceptors (Lipinski definition) is 3. The molecule has 3 nitrogen and oxygen atoms in total. The molecule has 0 aliphatic heterocycles. The van der Waals surface area contributed by atoms with Crippen molar-refractivity contribution in [1.82, 2.24) is 4.98 Å². The van der Waals surface area contributed by atoms with Gasteiger partial charge in [0.2, 0.25) is 0 Å². The molecule has 7 heteroatoms. The fourth-order valence-electron chi connectivity index (χ4n) is 0.675. The fourth-order valence-corrected chi connectivity index (χ4v) is 0.884. The summed E-state index contributed by atoms with van der Waals surface area (Å²) >= 11 is 5.35. The maximum Gasteiger partial charge on any atom is 0.417 e. The molecule has 0 aromatic carbocycles. The van der Waals surface area contributed by atoms with Crippen molar-refractivity contribution in [1.29, 1.82) is 0 Å². The summed E-state index contributed by atoms with van der Waals surface area (Å²) < 4.78 is 36.1. The second-order valence-electron chi connectivity index (χ2n) is 2.16. The molecular weight excluding hydrogens is 209 g/mol. The third-order valence-electron chi connectivity index (χ3n) is 1.27. The minimum absolute atomic E-state index is 0.213. The van der Waals surface area contributed by atoms with Gasteiger partial charge >= 0.3 is 6.18 Å². The molecule has 1 aromatic rings. The van der Waals surface area contributed by atoms with Crippen LogP contribution in [0.25, 0.3) is 0 Å². The Morgan fingerprint density at radius 1 is 1.46 bits per heavy atom. The first-order valence-electron chi connectivity index (χ1n) is 3.08. The van der Waals surface area contributed by atoms with Crippen LogP contribution in [0.3, 0.4) is 0 Å². The van der Waals surface area contributed by atoms with E-state index in [1.165, 1.54) is 0 Å². The van der Waals surface area contributed by atoms with Crippen molar-refractivity contribution in [2.45, 2.75) is 6.18 Å². The molecule has 0 saturated carbocycles. The van der Waals surface area contributed by atoms with Crippen molar-refractivity contribution in [3.05, 3.63) is 22.8 Å². The number of halogens is 4. The number of hydrogen-bond donors (Lipinski definition) is 2. The second-order valence-corrected chi connectivity index (χ2v) is 2.57. The molecule has 0 aliphatic rings. The summed E-state index contributed by atoms with van der Waals surface area (Å²) in [5.74, 6) is -0.213. The summed E-state index contributed by atoms with van der Waals surface area (Å²) in [6, 6.07) is 0.674. The lowest BCUT2D eigenvalue weighted by molar-refractivity contribution is -0.137. The Bertz CT molecular complexity index is 315. The van der Waals surface area contributed by atoms with E-state index >= 15 is 0 Å². The molecule has 0 aliphatic carbocycles. The summed E-state index contributed by atoms with van der Waals surface area (Å²) in [5.41, 5.74) is 0.602. The zero-order valence-corrected chi connectivity index (χ0v) is 6.82. The maximum atomic E-state index is 12.0. The van der Waals surface area contributed by atoms with Crippen LogP contribution in [0.4, 0.5) is 19.0 Å². The minimum Gasteiger partial charge on any atom is -0.290 e. The van der Waals surface area contributed by atoms with Gasteiger partial charge in [-0.2, -0.15) is 13.2 Å². The van der Waals surface area contributed by atoms with Crippen molar-refractivity contribution >= 4 is 17.4 Å². The number of anilines is 1. The highest BCUT2D eigenvalue weighted by Crippen LogP contribution is 2.31. The Hall–Kier alpha value is -1.01. The Balaban J connectivity index is 3.10. The lowest BCUT2D eigenvalue weighted by Crippen LogP contribution is -2.06. The van der Waals surface area contributed by atoms with Gasteiger partial charge in [0.05, 0.1) is 10.6 Å². The monoisotopic (exact) mass is 212 g/mol. The number of alkyl halides is 3. The van der Waals surface area contributed by atoms with Crippen LogP contribution in [-0.2, 0) is 6.18 Å². The summed E-state index contributed by atoms with van der Waals surface area (Å²) in [7, 11) is 0. The Morgan fingerprint density at radius 3 is 2.46 bits per heavy atom. The molecule has 0 bridgehead atoms. The number of pyridine rings is 1. The van der Waals surface area contributed by atoms with Crippen molar-refractivity contribution in [3.8, 4) is 0 Å². The standard InChI is InChI=1S/C6H4ClF3N2O/c7-4-1-3(6(8,9)10)2-11-5(4)12-13/h1-2,13H,(H,11,12). The van der Waals surface area contributed by atoms with E-state index in [4.69, 9.17) is 16.8 Å². The second kappa shape index (κ2) is 3.39. The summed E-state index contributed by atoms with van der Waals surface area (Å²) in [6.45, 7) is 0. The Morgan fingerprint density at radius 2 is 2.08 bits per heavy atom. The average Bonchev–Trinajstić information content (AvgIpc) is 2.02. The first-order valence-corrected chi connectivity index (χ1v) is 3.46. The van der Waals surface area contributed by atoms with E-state index in [-0.39, 0.29) is 10.8 Å². The van der Waals surface area contributed by atoms with Crippen LogP contribution in [0.5, 0.6) is 0 Å². The van der Waals surface area contributed by atoms with Gasteiger partial charge in [0, 0.05) is 6.20 Å². The summed E-state index contributed by atoms with van der Waals surface area (Å²) in [4.78, 5) is 3.25. The van der Waals surface area contributed by atoms with Crippen LogP contribution in [0.1, 0.15) is 5.56 Å². The summed E-state index contributed by atoms with van der Waals surface area (Å²) in [6.07, 6.45) is -3.91. The first kappa shape index (κ1) is 10.1. The Labute approximate surface area is 76.1 Å². The molecule has 1 heterocycles. The maximum absolute atomic E-state index is 12.0. The van der Waals surface area contributed by atoms with Crippen molar-refractivity contribution in [2.24, 2.45) is 0 Å². The van der Waals surface area contributed by atoms with E-state index in [9.17, 15) is 13.2 Å². The molecule has 1 aromatic heterocycles. The molecule has 0 atom stereocenters. The largest absolute Gasteiger partial charge is 0.417 e. The van der Waals surface area contributed by atoms with E-state index < -0.39 is 11.7 Å². The van der Waals surface area contributed by atoms with E-state index in [0.29, 0.717) is 12.3 Å². The quantitative estimate of drug-likeness (QED) is 0.704. The molecule has 0 unspecified atom stereocenters. The normalized spacial score (nSPS) is 11.5. The molecule has 0 spiro atoms. The van der Waals surface area contributed by atoms with Gasteiger partial charge in [-0.1, -0.05) is 11.6 Å². The van der Waals surface area contributed by atoms with E-state index in [1.807, 2.05) is 0 Å². The molecule has 13 heavy (non-hydrogen) atoms. The van der Waals surface area contributed by atoms with Crippen LogP contribution in [0, 0.1) is 0 Å². The highest BCUT2D eigenvalue weighted by atomic mass is 35.5. The van der Waals surface area contributed by atoms with Crippen LogP contribution < -0.4 is 5.48 Å². The van der Waals surface area contributed by atoms with Gasteiger partial charge < -0.3 is 0 Å². The van der Waals surface area contributed by atoms with Gasteiger partial charge in [0.25, 0.3) is 0 Å². The molecule has 0 radical (unpaired) electrons. The van der Waals surface area contributed by atoms with Crippen LogP contribution in [-0.4, -0.2) is 10.2 Å². The lowest BCUT2D eigenvalue weighted by Gasteiger charge is -2.07. The molecular formula is C6H4ClF3N2O. The molecule has 0 amide bonds. The smallest absolute Gasteiger partial charge is 0.290 e. The van der Waals surface area contributed by atoms with Crippen molar-refractivity contribution in [3.63, 3.8) is 0 Å². The van der Waals surface area contributed by atoms with E-state index in [0.717, 1.165) is 0 Å². The van der Waals surface area contributed by atoms with Gasteiger partial charge in [-0.15, -0.1) is 0 Å².